The molecule has 0 aliphatic heterocycles. The fourth-order valence-electron chi connectivity index (χ4n) is 2.57. The van der Waals surface area contributed by atoms with E-state index in [0.29, 0.717) is 0 Å². The molecule has 0 spiro atoms. The molecule has 19 heavy (non-hydrogen) atoms. The minimum Gasteiger partial charge on any atom is -0.469 e. The van der Waals surface area contributed by atoms with Gasteiger partial charge in [0.2, 0.25) is 0 Å². The van der Waals surface area contributed by atoms with Gasteiger partial charge >= 0.3 is 5.97 Å². The van der Waals surface area contributed by atoms with Crippen molar-refractivity contribution >= 4 is 17.3 Å². The van der Waals surface area contributed by atoms with Crippen LogP contribution in [0.5, 0.6) is 0 Å². The number of carbonyl (C=O) groups excluding carboxylic acids is 1. The first-order valence-corrected chi connectivity index (χ1v) is 7.22. The molecule has 1 aliphatic carbocycles. The average molecular weight is 276 g/mol. The Hall–Kier alpha value is -1.62. The Labute approximate surface area is 116 Å². The summed E-state index contributed by atoms with van der Waals surface area (Å²) >= 11 is 1.81. The zero-order valence-electron chi connectivity index (χ0n) is 10.8. The number of rotatable bonds is 3. The lowest BCUT2D eigenvalue weighted by atomic mass is 9.89. The van der Waals surface area contributed by atoms with E-state index < -0.39 is 0 Å². The molecule has 0 aromatic carbocycles. The third-order valence-corrected chi connectivity index (χ3v) is 4.76. The highest BCUT2D eigenvalue weighted by atomic mass is 32.1. The van der Waals surface area contributed by atoms with Gasteiger partial charge in [-0.25, -0.2) is 4.98 Å². The molecule has 2 aromatic rings. The Bertz CT molecular complexity index is 574. The van der Waals surface area contributed by atoms with E-state index in [1.807, 2.05) is 23.9 Å². The second-order valence-corrected chi connectivity index (χ2v) is 6.08. The molecule has 0 amide bonds. The molecule has 100 valence electrons. The van der Waals surface area contributed by atoms with Crippen LogP contribution in [0, 0.1) is 5.92 Å². The molecule has 1 atom stereocenters. The minimum absolute atomic E-state index is 0.0391. The van der Waals surface area contributed by atoms with Gasteiger partial charge in [0, 0.05) is 22.1 Å². The van der Waals surface area contributed by atoms with Crippen LogP contribution in [0.4, 0.5) is 0 Å². The Morgan fingerprint density at radius 3 is 3.26 bits per heavy atom. The number of esters is 1. The van der Waals surface area contributed by atoms with Crippen LogP contribution >= 0.6 is 11.3 Å². The molecule has 0 fully saturated rings. The monoisotopic (exact) mass is 276 g/mol. The van der Waals surface area contributed by atoms with Crippen molar-refractivity contribution in [1.29, 1.82) is 0 Å². The Balaban J connectivity index is 1.75. The third-order valence-electron chi connectivity index (χ3n) is 3.57. The molecule has 0 saturated heterocycles. The molecule has 3 rings (SSSR count). The van der Waals surface area contributed by atoms with Gasteiger partial charge in [0.1, 0.15) is 0 Å². The van der Waals surface area contributed by atoms with E-state index in [1.54, 1.807) is 6.20 Å². The summed E-state index contributed by atoms with van der Waals surface area (Å²) in [4.78, 5) is 18.3. The van der Waals surface area contributed by atoms with E-state index in [4.69, 9.17) is 4.74 Å². The average Bonchev–Trinajstić information content (AvgIpc) is 3.05. The summed E-state index contributed by atoms with van der Waals surface area (Å²) in [5, 5.41) is 0. The lowest BCUT2D eigenvalue weighted by Crippen LogP contribution is -2.22. The Morgan fingerprint density at radius 2 is 2.53 bits per heavy atom. The van der Waals surface area contributed by atoms with Gasteiger partial charge in [-0.2, -0.15) is 0 Å². The van der Waals surface area contributed by atoms with Gasteiger partial charge in [0.05, 0.1) is 25.9 Å². The lowest BCUT2D eigenvalue weighted by Gasteiger charge is -2.19. The SMILES string of the molecule is COC(=O)C1CCc2cc(Cn3ccnc3)sc2C1. The van der Waals surface area contributed by atoms with Crippen LogP contribution in [-0.4, -0.2) is 22.6 Å². The number of aromatic nitrogens is 2. The largest absolute Gasteiger partial charge is 0.469 e. The highest BCUT2D eigenvalue weighted by Crippen LogP contribution is 2.33. The second kappa shape index (κ2) is 5.17. The van der Waals surface area contributed by atoms with Crippen molar-refractivity contribution in [2.45, 2.75) is 25.8 Å². The topological polar surface area (TPSA) is 44.1 Å². The zero-order chi connectivity index (χ0) is 13.2. The van der Waals surface area contributed by atoms with E-state index in [1.165, 1.54) is 22.4 Å². The van der Waals surface area contributed by atoms with Gasteiger partial charge < -0.3 is 9.30 Å². The number of methoxy groups -OCH3 is 1. The summed E-state index contributed by atoms with van der Waals surface area (Å²) in [5.41, 5.74) is 1.40. The molecule has 0 radical (unpaired) electrons. The van der Waals surface area contributed by atoms with Gasteiger partial charge in [0.15, 0.2) is 0 Å². The van der Waals surface area contributed by atoms with Gasteiger partial charge in [0.25, 0.3) is 0 Å². The van der Waals surface area contributed by atoms with Gasteiger partial charge in [-0.1, -0.05) is 0 Å². The molecular formula is C14H16N2O2S. The number of nitrogens with zero attached hydrogens (tertiary/aromatic N) is 2. The van der Waals surface area contributed by atoms with E-state index >= 15 is 0 Å². The summed E-state index contributed by atoms with van der Waals surface area (Å²) in [6, 6.07) is 2.27. The van der Waals surface area contributed by atoms with Crippen molar-refractivity contribution < 1.29 is 9.53 Å². The normalized spacial score (nSPS) is 18.1. The molecule has 4 nitrogen and oxygen atoms in total. The van der Waals surface area contributed by atoms with Crippen LogP contribution in [0.15, 0.2) is 24.8 Å². The van der Waals surface area contributed by atoms with Gasteiger partial charge in [-0.05, 0) is 30.9 Å². The molecule has 0 saturated carbocycles. The van der Waals surface area contributed by atoms with Crippen molar-refractivity contribution in [3.8, 4) is 0 Å². The Morgan fingerprint density at radius 1 is 1.63 bits per heavy atom. The standard InChI is InChI=1S/C14H16N2O2S/c1-18-14(17)11-3-2-10-6-12(19-13(10)7-11)8-16-5-4-15-9-16/h4-6,9,11H,2-3,7-8H2,1H3. The van der Waals surface area contributed by atoms with E-state index in [2.05, 4.69) is 15.6 Å². The van der Waals surface area contributed by atoms with Gasteiger partial charge in [-0.3, -0.25) is 4.79 Å². The Kier molecular flexibility index (Phi) is 3.38. The third kappa shape index (κ3) is 2.56. The van der Waals surface area contributed by atoms with Crippen LogP contribution in [-0.2, 0) is 28.9 Å². The molecule has 2 heterocycles. The van der Waals surface area contributed by atoms with Gasteiger partial charge in [-0.15, -0.1) is 11.3 Å². The summed E-state index contributed by atoms with van der Waals surface area (Å²) in [6.07, 6.45) is 8.31. The summed E-state index contributed by atoms with van der Waals surface area (Å²) in [6.45, 7) is 0.862. The summed E-state index contributed by atoms with van der Waals surface area (Å²) in [5.74, 6) is -0.0348. The maximum atomic E-state index is 11.6. The van der Waals surface area contributed by atoms with Crippen molar-refractivity contribution in [1.82, 2.24) is 9.55 Å². The van der Waals surface area contributed by atoms with Crippen molar-refractivity contribution in [3.63, 3.8) is 0 Å². The lowest BCUT2D eigenvalue weighted by molar-refractivity contribution is -0.145. The maximum Gasteiger partial charge on any atom is 0.309 e. The fraction of sp³-hybridized carbons (Fsp3) is 0.429. The molecule has 0 bridgehead atoms. The predicted octanol–water partition coefficient (Wildman–Crippen LogP) is 2.27. The molecule has 0 N–H and O–H groups in total. The quantitative estimate of drug-likeness (QED) is 0.808. The number of hydrogen-bond donors (Lipinski definition) is 0. The molecular weight excluding hydrogens is 260 g/mol. The highest BCUT2D eigenvalue weighted by Gasteiger charge is 2.26. The number of aryl methyl sites for hydroxylation is 1. The van der Waals surface area contributed by atoms with E-state index in [0.717, 1.165) is 25.8 Å². The number of hydrogen-bond acceptors (Lipinski definition) is 4. The summed E-state index contributed by atoms with van der Waals surface area (Å²) in [7, 11) is 1.47. The zero-order valence-corrected chi connectivity index (χ0v) is 11.7. The summed E-state index contributed by atoms with van der Waals surface area (Å²) < 4.78 is 6.91. The number of ether oxygens (including phenoxy) is 1. The first kappa shape index (κ1) is 12.4. The molecule has 1 unspecified atom stereocenters. The van der Waals surface area contributed by atoms with Crippen molar-refractivity contribution in [2.75, 3.05) is 7.11 Å². The van der Waals surface area contributed by atoms with Crippen LogP contribution in [0.3, 0.4) is 0 Å². The smallest absolute Gasteiger partial charge is 0.309 e. The van der Waals surface area contributed by atoms with E-state index in [-0.39, 0.29) is 11.9 Å². The molecule has 5 heteroatoms. The number of carbonyl (C=O) groups is 1. The minimum atomic E-state index is -0.0739. The number of fused-ring (bicyclic) bond motifs is 1. The second-order valence-electron chi connectivity index (χ2n) is 4.86. The molecule has 1 aliphatic rings. The van der Waals surface area contributed by atoms with Crippen LogP contribution < -0.4 is 0 Å². The number of imidazole rings is 1. The first-order valence-electron chi connectivity index (χ1n) is 6.40. The van der Waals surface area contributed by atoms with E-state index in [9.17, 15) is 4.79 Å². The maximum absolute atomic E-state index is 11.6. The number of thiophene rings is 1. The fourth-order valence-corrected chi connectivity index (χ4v) is 3.88. The molecule has 2 aromatic heterocycles. The van der Waals surface area contributed by atoms with Crippen molar-refractivity contribution in [3.05, 3.63) is 40.1 Å². The first-order chi connectivity index (χ1) is 9.26. The van der Waals surface area contributed by atoms with Crippen LogP contribution in [0.25, 0.3) is 0 Å². The van der Waals surface area contributed by atoms with Crippen LogP contribution in [0.1, 0.15) is 21.7 Å². The van der Waals surface area contributed by atoms with Crippen LogP contribution in [0.2, 0.25) is 0 Å². The highest BCUT2D eigenvalue weighted by molar-refractivity contribution is 7.12. The predicted molar refractivity (Wildman–Crippen MR) is 73.2 cm³/mol. The van der Waals surface area contributed by atoms with Crippen molar-refractivity contribution in [2.24, 2.45) is 5.92 Å².